The van der Waals surface area contributed by atoms with E-state index in [9.17, 15) is 0 Å². The fourth-order valence-electron chi connectivity index (χ4n) is 1.48. The van der Waals surface area contributed by atoms with E-state index in [4.69, 9.17) is 16.3 Å². The van der Waals surface area contributed by atoms with E-state index in [2.05, 4.69) is 25.8 Å². The van der Waals surface area contributed by atoms with Crippen LogP contribution in [0.2, 0.25) is 0 Å². The lowest BCUT2D eigenvalue weighted by atomic mass is 10.1. The number of ether oxygens (including phenoxy) is 1. The summed E-state index contributed by atoms with van der Waals surface area (Å²) in [6, 6.07) is 3.81. The van der Waals surface area contributed by atoms with Crippen LogP contribution in [0, 0.1) is 5.92 Å². The monoisotopic (exact) mass is 227 g/mol. The molecule has 1 atom stereocenters. The second-order valence-corrected chi connectivity index (χ2v) is 4.46. The van der Waals surface area contributed by atoms with E-state index < -0.39 is 0 Å². The highest BCUT2D eigenvalue weighted by molar-refractivity contribution is 6.17. The van der Waals surface area contributed by atoms with Crippen molar-refractivity contribution in [2.75, 3.05) is 0 Å². The van der Waals surface area contributed by atoms with Gasteiger partial charge in [0.15, 0.2) is 0 Å². The molecule has 1 aromatic rings. The number of aromatic nitrogens is 1. The van der Waals surface area contributed by atoms with Gasteiger partial charge in [0.2, 0.25) is 5.88 Å². The van der Waals surface area contributed by atoms with Crippen molar-refractivity contribution in [1.29, 1.82) is 0 Å². The summed E-state index contributed by atoms with van der Waals surface area (Å²) in [6.45, 7) is 6.44. The lowest BCUT2D eigenvalue weighted by Crippen LogP contribution is -2.15. The number of alkyl halides is 1. The van der Waals surface area contributed by atoms with Crippen molar-refractivity contribution in [1.82, 2.24) is 4.98 Å². The molecule has 1 rings (SSSR count). The molecule has 0 N–H and O–H groups in total. The van der Waals surface area contributed by atoms with E-state index in [0.29, 0.717) is 17.7 Å². The van der Waals surface area contributed by atoms with Crippen LogP contribution in [-0.2, 0) is 5.88 Å². The second-order valence-electron chi connectivity index (χ2n) is 4.20. The third-order valence-electron chi connectivity index (χ3n) is 2.08. The maximum atomic E-state index is 5.67. The van der Waals surface area contributed by atoms with Crippen molar-refractivity contribution in [3.63, 3.8) is 0 Å². The van der Waals surface area contributed by atoms with Crippen LogP contribution >= 0.6 is 11.6 Å². The number of hydrogen-bond donors (Lipinski definition) is 0. The summed E-state index contributed by atoms with van der Waals surface area (Å²) < 4.78 is 5.67. The highest BCUT2D eigenvalue weighted by Gasteiger charge is 2.07. The SMILES string of the molecule is CC(C)CC(C)Oc1ccc(CCl)cn1. The summed E-state index contributed by atoms with van der Waals surface area (Å²) in [6.07, 6.45) is 3.00. The maximum Gasteiger partial charge on any atom is 0.213 e. The van der Waals surface area contributed by atoms with Crippen molar-refractivity contribution in [3.8, 4) is 5.88 Å². The van der Waals surface area contributed by atoms with Gasteiger partial charge in [-0.05, 0) is 24.8 Å². The summed E-state index contributed by atoms with van der Waals surface area (Å²) in [5, 5.41) is 0. The average molecular weight is 228 g/mol. The van der Waals surface area contributed by atoms with Crippen LogP contribution in [0.15, 0.2) is 18.3 Å². The molecule has 15 heavy (non-hydrogen) atoms. The van der Waals surface area contributed by atoms with Gasteiger partial charge in [-0.2, -0.15) is 0 Å². The normalized spacial score (nSPS) is 12.9. The van der Waals surface area contributed by atoms with E-state index in [-0.39, 0.29) is 6.10 Å². The molecule has 2 nitrogen and oxygen atoms in total. The van der Waals surface area contributed by atoms with Crippen molar-refractivity contribution in [2.45, 2.75) is 39.2 Å². The molecule has 0 amide bonds. The highest BCUT2D eigenvalue weighted by Crippen LogP contribution is 2.14. The summed E-state index contributed by atoms with van der Waals surface area (Å²) >= 11 is 5.67. The first kappa shape index (κ1) is 12.3. The fourth-order valence-corrected chi connectivity index (χ4v) is 1.64. The zero-order valence-corrected chi connectivity index (χ0v) is 10.3. The van der Waals surface area contributed by atoms with Gasteiger partial charge < -0.3 is 4.74 Å². The minimum Gasteiger partial charge on any atom is -0.475 e. The van der Waals surface area contributed by atoms with Gasteiger partial charge in [-0.3, -0.25) is 0 Å². The Bertz CT molecular complexity index is 284. The first-order chi connectivity index (χ1) is 7.11. The molecule has 0 aliphatic heterocycles. The zero-order chi connectivity index (χ0) is 11.3. The standard InChI is InChI=1S/C12H18ClNO/c1-9(2)6-10(3)15-12-5-4-11(7-13)8-14-12/h4-5,8-10H,6-7H2,1-3H3. The number of nitrogens with zero attached hydrogens (tertiary/aromatic N) is 1. The summed E-state index contributed by atoms with van der Waals surface area (Å²) in [5.41, 5.74) is 1.01. The molecule has 0 aliphatic carbocycles. The fraction of sp³-hybridized carbons (Fsp3) is 0.583. The minimum absolute atomic E-state index is 0.208. The largest absolute Gasteiger partial charge is 0.475 e. The van der Waals surface area contributed by atoms with Crippen LogP contribution in [0.25, 0.3) is 0 Å². The number of rotatable bonds is 5. The molecule has 0 fully saturated rings. The van der Waals surface area contributed by atoms with Crippen molar-refractivity contribution < 1.29 is 4.74 Å². The number of halogens is 1. The van der Waals surface area contributed by atoms with Crippen LogP contribution in [0.4, 0.5) is 0 Å². The summed E-state index contributed by atoms with van der Waals surface area (Å²) in [5.74, 6) is 1.81. The molecule has 0 radical (unpaired) electrons. The Balaban J connectivity index is 2.49. The molecule has 0 saturated heterocycles. The van der Waals surface area contributed by atoms with Gasteiger partial charge in [0.25, 0.3) is 0 Å². The molecule has 0 saturated carbocycles. The molecule has 84 valence electrons. The van der Waals surface area contributed by atoms with Gasteiger partial charge in [0.05, 0.1) is 6.10 Å². The predicted molar refractivity (Wildman–Crippen MR) is 63.3 cm³/mol. The van der Waals surface area contributed by atoms with Crippen LogP contribution < -0.4 is 4.74 Å². The van der Waals surface area contributed by atoms with Crippen LogP contribution in [-0.4, -0.2) is 11.1 Å². The van der Waals surface area contributed by atoms with Gasteiger partial charge in [-0.25, -0.2) is 4.98 Å². The molecule has 1 aromatic heterocycles. The van der Waals surface area contributed by atoms with E-state index >= 15 is 0 Å². The van der Waals surface area contributed by atoms with E-state index in [1.807, 2.05) is 12.1 Å². The van der Waals surface area contributed by atoms with Crippen LogP contribution in [0.3, 0.4) is 0 Å². The lowest BCUT2D eigenvalue weighted by Gasteiger charge is -2.15. The Morgan fingerprint density at radius 2 is 2.07 bits per heavy atom. The van der Waals surface area contributed by atoms with Gasteiger partial charge in [0.1, 0.15) is 0 Å². The zero-order valence-electron chi connectivity index (χ0n) is 9.53. The molecule has 0 spiro atoms. The summed E-state index contributed by atoms with van der Waals surface area (Å²) in [7, 11) is 0. The Morgan fingerprint density at radius 1 is 1.33 bits per heavy atom. The molecule has 1 unspecified atom stereocenters. The first-order valence-corrected chi connectivity index (χ1v) is 5.82. The highest BCUT2D eigenvalue weighted by atomic mass is 35.5. The topological polar surface area (TPSA) is 22.1 Å². The lowest BCUT2D eigenvalue weighted by molar-refractivity contribution is 0.185. The average Bonchev–Trinajstić information content (AvgIpc) is 2.17. The van der Waals surface area contributed by atoms with Crippen molar-refractivity contribution in [3.05, 3.63) is 23.9 Å². The maximum absolute atomic E-state index is 5.67. The van der Waals surface area contributed by atoms with Gasteiger partial charge in [0, 0.05) is 18.1 Å². The molecule has 1 heterocycles. The predicted octanol–water partition coefficient (Wildman–Crippen LogP) is 3.63. The van der Waals surface area contributed by atoms with Crippen molar-refractivity contribution in [2.24, 2.45) is 5.92 Å². The number of pyridine rings is 1. The smallest absolute Gasteiger partial charge is 0.213 e. The molecule has 0 bridgehead atoms. The molecule has 0 aliphatic rings. The van der Waals surface area contributed by atoms with Crippen LogP contribution in [0.1, 0.15) is 32.8 Å². The Morgan fingerprint density at radius 3 is 2.53 bits per heavy atom. The third kappa shape index (κ3) is 4.52. The van der Waals surface area contributed by atoms with E-state index in [1.165, 1.54) is 0 Å². The van der Waals surface area contributed by atoms with Gasteiger partial charge in [-0.15, -0.1) is 11.6 Å². The number of hydrogen-bond acceptors (Lipinski definition) is 2. The van der Waals surface area contributed by atoms with E-state index in [0.717, 1.165) is 12.0 Å². The Labute approximate surface area is 96.6 Å². The second kappa shape index (κ2) is 5.96. The van der Waals surface area contributed by atoms with Gasteiger partial charge in [-0.1, -0.05) is 19.9 Å². The molecular formula is C12H18ClNO. The van der Waals surface area contributed by atoms with Gasteiger partial charge >= 0.3 is 0 Å². The Kier molecular flexibility index (Phi) is 4.89. The minimum atomic E-state index is 0.208. The van der Waals surface area contributed by atoms with Crippen molar-refractivity contribution >= 4 is 11.6 Å². The van der Waals surface area contributed by atoms with Crippen LogP contribution in [0.5, 0.6) is 5.88 Å². The molecule has 3 heteroatoms. The quantitative estimate of drug-likeness (QED) is 0.717. The third-order valence-corrected chi connectivity index (χ3v) is 2.39. The van der Waals surface area contributed by atoms with E-state index in [1.54, 1.807) is 6.20 Å². The molecular weight excluding hydrogens is 210 g/mol. The first-order valence-electron chi connectivity index (χ1n) is 5.29. The molecule has 0 aromatic carbocycles. The Hall–Kier alpha value is -0.760. The summed E-state index contributed by atoms with van der Waals surface area (Å²) in [4.78, 5) is 4.19.